The number of benzene rings is 2. The van der Waals surface area contributed by atoms with Crippen LogP contribution in [0.25, 0.3) is 0 Å². The molecular formula is C17H14ClF3N2O4. The first-order chi connectivity index (χ1) is 12.5. The molecule has 0 saturated heterocycles. The molecule has 0 radical (unpaired) electrons. The first-order valence-corrected chi connectivity index (χ1v) is 7.96. The van der Waals surface area contributed by atoms with Gasteiger partial charge in [0.05, 0.1) is 16.2 Å². The number of rotatable bonds is 5. The summed E-state index contributed by atoms with van der Waals surface area (Å²) in [5, 5.41) is 13.1. The van der Waals surface area contributed by atoms with Crippen molar-refractivity contribution in [2.75, 3.05) is 5.32 Å². The predicted octanol–water partition coefficient (Wildman–Crippen LogP) is 4.98. The quantitative estimate of drug-likeness (QED) is 0.564. The van der Waals surface area contributed by atoms with E-state index in [2.05, 4.69) is 5.32 Å². The number of nitro benzene ring substituents is 1. The average molecular weight is 403 g/mol. The van der Waals surface area contributed by atoms with Crippen molar-refractivity contribution in [1.29, 1.82) is 0 Å². The zero-order valence-electron chi connectivity index (χ0n) is 14.1. The van der Waals surface area contributed by atoms with Crippen molar-refractivity contribution in [3.05, 3.63) is 62.7 Å². The highest BCUT2D eigenvalue weighted by molar-refractivity contribution is 6.30. The van der Waals surface area contributed by atoms with Gasteiger partial charge in [0.15, 0.2) is 11.9 Å². The summed E-state index contributed by atoms with van der Waals surface area (Å²) in [5.41, 5.74) is -1.35. The summed E-state index contributed by atoms with van der Waals surface area (Å²) < 4.78 is 44.6. The molecule has 2 rings (SSSR count). The van der Waals surface area contributed by atoms with Gasteiger partial charge in [0.1, 0.15) is 0 Å². The van der Waals surface area contributed by atoms with Gasteiger partial charge in [0.25, 0.3) is 5.91 Å². The van der Waals surface area contributed by atoms with Crippen LogP contribution in [0.4, 0.5) is 24.5 Å². The topological polar surface area (TPSA) is 81.5 Å². The lowest BCUT2D eigenvalue weighted by atomic mass is 10.1. The Morgan fingerprint density at radius 3 is 2.52 bits per heavy atom. The van der Waals surface area contributed by atoms with E-state index in [1.165, 1.54) is 25.1 Å². The molecule has 0 spiro atoms. The van der Waals surface area contributed by atoms with Crippen LogP contribution in [0, 0.1) is 17.0 Å². The number of carbonyl (C=O) groups is 1. The number of alkyl halides is 3. The van der Waals surface area contributed by atoms with E-state index in [1.807, 2.05) is 0 Å². The smallest absolute Gasteiger partial charge is 0.418 e. The molecule has 6 nitrogen and oxygen atoms in total. The van der Waals surface area contributed by atoms with Crippen molar-refractivity contribution < 1.29 is 27.6 Å². The Labute approximate surface area is 157 Å². The van der Waals surface area contributed by atoms with Crippen molar-refractivity contribution >= 4 is 28.9 Å². The third-order valence-electron chi connectivity index (χ3n) is 3.53. The number of halogens is 4. The zero-order valence-corrected chi connectivity index (χ0v) is 14.9. The number of amides is 1. The minimum atomic E-state index is -4.73. The number of ether oxygens (including phenoxy) is 1. The van der Waals surface area contributed by atoms with Crippen LogP contribution in [0.1, 0.15) is 18.1 Å². The fourth-order valence-corrected chi connectivity index (χ4v) is 2.38. The standard InChI is InChI=1S/C17H14ClF3N2O4/c1-9-3-6-15(14(7-9)23(25)26)27-10(2)16(24)22-13-5-4-11(18)8-12(13)17(19,20)21/h3-8,10H,1-2H3,(H,22,24)/t10-/m1/s1. The average Bonchev–Trinajstić information content (AvgIpc) is 2.56. The van der Waals surface area contributed by atoms with Crippen molar-refractivity contribution in [2.45, 2.75) is 26.1 Å². The number of aryl methyl sites for hydroxylation is 1. The molecule has 0 aromatic heterocycles. The molecule has 0 aliphatic carbocycles. The van der Waals surface area contributed by atoms with Gasteiger partial charge in [-0.3, -0.25) is 14.9 Å². The van der Waals surface area contributed by atoms with E-state index in [0.717, 1.165) is 6.07 Å². The Kier molecular flexibility index (Phi) is 5.94. The molecule has 1 N–H and O–H groups in total. The zero-order chi connectivity index (χ0) is 20.4. The number of nitrogens with zero attached hydrogens (tertiary/aromatic N) is 1. The second kappa shape index (κ2) is 7.83. The van der Waals surface area contributed by atoms with Crippen LogP contribution in [0.5, 0.6) is 5.75 Å². The number of nitrogens with one attached hydrogen (secondary N) is 1. The summed E-state index contributed by atoms with van der Waals surface area (Å²) >= 11 is 5.59. The third-order valence-corrected chi connectivity index (χ3v) is 3.76. The molecule has 0 heterocycles. The highest BCUT2D eigenvalue weighted by Gasteiger charge is 2.34. The van der Waals surface area contributed by atoms with Gasteiger partial charge in [0.2, 0.25) is 0 Å². The summed E-state index contributed by atoms with van der Waals surface area (Å²) in [5.74, 6) is -1.07. The van der Waals surface area contributed by atoms with Gasteiger partial charge >= 0.3 is 11.9 Å². The summed E-state index contributed by atoms with van der Waals surface area (Å²) in [6.07, 6.45) is -6.02. The van der Waals surface area contributed by atoms with E-state index < -0.39 is 34.4 Å². The van der Waals surface area contributed by atoms with Gasteiger partial charge in [0, 0.05) is 11.1 Å². The summed E-state index contributed by atoms with van der Waals surface area (Å²) in [6.45, 7) is 2.91. The number of anilines is 1. The maximum absolute atomic E-state index is 13.1. The van der Waals surface area contributed by atoms with Gasteiger partial charge in [-0.05, 0) is 43.7 Å². The lowest BCUT2D eigenvalue weighted by Gasteiger charge is -2.18. The minimum Gasteiger partial charge on any atom is -0.474 e. The second-order valence-corrected chi connectivity index (χ2v) is 6.10. The Balaban J connectivity index is 2.22. The highest BCUT2D eigenvalue weighted by Crippen LogP contribution is 2.36. The van der Waals surface area contributed by atoms with E-state index in [-0.39, 0.29) is 16.5 Å². The van der Waals surface area contributed by atoms with E-state index in [1.54, 1.807) is 13.0 Å². The molecule has 0 aliphatic rings. The Hall–Kier alpha value is -2.81. The lowest BCUT2D eigenvalue weighted by Crippen LogP contribution is -2.31. The Morgan fingerprint density at radius 1 is 1.26 bits per heavy atom. The number of carbonyl (C=O) groups excluding carboxylic acids is 1. The Bertz CT molecular complexity index is 887. The molecule has 0 fully saturated rings. The van der Waals surface area contributed by atoms with Crippen LogP contribution in [0.15, 0.2) is 36.4 Å². The lowest BCUT2D eigenvalue weighted by molar-refractivity contribution is -0.386. The maximum atomic E-state index is 13.1. The van der Waals surface area contributed by atoms with Crippen LogP contribution in [0.3, 0.4) is 0 Å². The van der Waals surface area contributed by atoms with Gasteiger partial charge in [-0.15, -0.1) is 0 Å². The monoisotopic (exact) mass is 402 g/mol. The van der Waals surface area contributed by atoms with Crippen LogP contribution in [-0.2, 0) is 11.0 Å². The van der Waals surface area contributed by atoms with Gasteiger partial charge < -0.3 is 10.1 Å². The summed E-state index contributed by atoms with van der Waals surface area (Å²) in [6, 6.07) is 7.04. The molecule has 2 aromatic rings. The van der Waals surface area contributed by atoms with Crippen LogP contribution in [-0.4, -0.2) is 16.9 Å². The largest absolute Gasteiger partial charge is 0.474 e. The fraction of sp³-hybridized carbons (Fsp3) is 0.235. The van der Waals surface area contributed by atoms with Crippen LogP contribution < -0.4 is 10.1 Å². The minimum absolute atomic E-state index is 0.139. The SMILES string of the molecule is Cc1ccc(O[C@H](C)C(=O)Nc2ccc(Cl)cc2C(F)(F)F)c([N+](=O)[O-])c1. The van der Waals surface area contributed by atoms with E-state index in [4.69, 9.17) is 16.3 Å². The molecule has 0 unspecified atom stereocenters. The molecule has 10 heteroatoms. The number of hydrogen-bond acceptors (Lipinski definition) is 4. The van der Waals surface area contributed by atoms with Gasteiger partial charge in [-0.2, -0.15) is 13.2 Å². The van der Waals surface area contributed by atoms with E-state index >= 15 is 0 Å². The first-order valence-electron chi connectivity index (χ1n) is 7.58. The number of nitro groups is 1. The Morgan fingerprint density at radius 2 is 1.93 bits per heavy atom. The molecule has 0 saturated carbocycles. The van der Waals surface area contributed by atoms with Gasteiger partial charge in [-0.25, -0.2) is 0 Å². The molecule has 27 heavy (non-hydrogen) atoms. The van der Waals surface area contributed by atoms with Crippen molar-refractivity contribution in [3.63, 3.8) is 0 Å². The van der Waals surface area contributed by atoms with E-state index in [0.29, 0.717) is 11.6 Å². The predicted molar refractivity (Wildman–Crippen MR) is 93.0 cm³/mol. The maximum Gasteiger partial charge on any atom is 0.418 e. The molecule has 1 atom stereocenters. The number of hydrogen-bond donors (Lipinski definition) is 1. The highest BCUT2D eigenvalue weighted by atomic mass is 35.5. The molecular weight excluding hydrogens is 389 g/mol. The van der Waals surface area contributed by atoms with Gasteiger partial charge in [-0.1, -0.05) is 17.7 Å². The molecule has 144 valence electrons. The molecule has 0 bridgehead atoms. The summed E-state index contributed by atoms with van der Waals surface area (Å²) in [4.78, 5) is 22.6. The fourth-order valence-electron chi connectivity index (χ4n) is 2.21. The third kappa shape index (κ3) is 5.10. The summed E-state index contributed by atoms with van der Waals surface area (Å²) in [7, 11) is 0. The van der Waals surface area contributed by atoms with E-state index in [9.17, 15) is 28.1 Å². The van der Waals surface area contributed by atoms with Crippen molar-refractivity contribution in [1.82, 2.24) is 0 Å². The van der Waals surface area contributed by atoms with Crippen LogP contribution >= 0.6 is 11.6 Å². The van der Waals surface area contributed by atoms with Crippen molar-refractivity contribution in [2.24, 2.45) is 0 Å². The molecule has 0 aliphatic heterocycles. The van der Waals surface area contributed by atoms with Crippen molar-refractivity contribution in [3.8, 4) is 5.75 Å². The normalized spacial score (nSPS) is 12.4. The first kappa shape index (κ1) is 20.5. The molecule has 2 aromatic carbocycles. The van der Waals surface area contributed by atoms with Crippen LogP contribution in [0.2, 0.25) is 5.02 Å². The molecule has 1 amide bonds. The second-order valence-electron chi connectivity index (χ2n) is 5.67.